The molecule has 0 amide bonds. The fourth-order valence-corrected chi connectivity index (χ4v) is 2.35. The molecular formula is C12H17Cl2N. The van der Waals surface area contributed by atoms with E-state index in [9.17, 15) is 0 Å². The van der Waals surface area contributed by atoms with E-state index in [1.54, 1.807) is 0 Å². The summed E-state index contributed by atoms with van der Waals surface area (Å²) >= 11 is 12.1. The van der Waals surface area contributed by atoms with Gasteiger partial charge in [-0.25, -0.2) is 0 Å². The van der Waals surface area contributed by atoms with Crippen molar-refractivity contribution in [2.45, 2.75) is 32.7 Å². The molecular weight excluding hydrogens is 229 g/mol. The number of alkyl halides is 1. The van der Waals surface area contributed by atoms with Crippen LogP contribution in [-0.4, -0.2) is 12.6 Å². The second-order valence-corrected chi connectivity index (χ2v) is 4.43. The topological polar surface area (TPSA) is 3.24 Å². The first-order valence-electron chi connectivity index (χ1n) is 5.21. The molecule has 1 aromatic carbocycles. The van der Waals surface area contributed by atoms with Crippen molar-refractivity contribution in [3.63, 3.8) is 0 Å². The number of hydrogen-bond donors (Lipinski definition) is 0. The standard InChI is InChI=1S/C12H17Cl2N/c1-4-15(9(2)3)12-7-5-6-11(14)10(12)8-13/h5-7,9H,4,8H2,1-3H3. The second-order valence-electron chi connectivity index (χ2n) is 3.75. The van der Waals surface area contributed by atoms with Crippen LogP contribution in [0.4, 0.5) is 5.69 Å². The van der Waals surface area contributed by atoms with Crippen LogP contribution in [0.25, 0.3) is 0 Å². The molecule has 1 aromatic rings. The van der Waals surface area contributed by atoms with Crippen molar-refractivity contribution < 1.29 is 0 Å². The average molecular weight is 246 g/mol. The maximum absolute atomic E-state index is 6.12. The van der Waals surface area contributed by atoms with Gasteiger partial charge in [-0.1, -0.05) is 17.7 Å². The second kappa shape index (κ2) is 5.62. The number of rotatable bonds is 4. The van der Waals surface area contributed by atoms with E-state index in [2.05, 4.69) is 31.7 Å². The van der Waals surface area contributed by atoms with Crippen LogP contribution in [0.2, 0.25) is 5.02 Å². The van der Waals surface area contributed by atoms with Crippen LogP contribution < -0.4 is 4.90 Å². The van der Waals surface area contributed by atoms with Crippen LogP contribution in [0.1, 0.15) is 26.3 Å². The Morgan fingerprint density at radius 2 is 2.00 bits per heavy atom. The lowest BCUT2D eigenvalue weighted by molar-refractivity contribution is 0.701. The molecule has 0 aromatic heterocycles. The SMILES string of the molecule is CCN(c1cccc(Cl)c1CCl)C(C)C. The molecule has 0 radical (unpaired) electrons. The minimum absolute atomic E-state index is 0.454. The Balaban J connectivity index is 3.16. The van der Waals surface area contributed by atoms with Crippen LogP contribution in [0.5, 0.6) is 0 Å². The van der Waals surface area contributed by atoms with Crippen molar-refractivity contribution in [2.24, 2.45) is 0 Å². The number of benzene rings is 1. The first-order chi connectivity index (χ1) is 7.11. The molecule has 0 fully saturated rings. The largest absolute Gasteiger partial charge is 0.369 e. The number of halogens is 2. The quantitative estimate of drug-likeness (QED) is 0.715. The highest BCUT2D eigenvalue weighted by Gasteiger charge is 2.13. The lowest BCUT2D eigenvalue weighted by Crippen LogP contribution is -2.31. The zero-order valence-electron chi connectivity index (χ0n) is 9.43. The zero-order chi connectivity index (χ0) is 11.4. The van der Waals surface area contributed by atoms with Gasteiger partial charge < -0.3 is 4.90 Å². The van der Waals surface area contributed by atoms with Gasteiger partial charge in [-0.2, -0.15) is 0 Å². The average Bonchev–Trinajstić information content (AvgIpc) is 2.18. The summed E-state index contributed by atoms with van der Waals surface area (Å²) < 4.78 is 0. The lowest BCUT2D eigenvalue weighted by atomic mass is 10.1. The highest BCUT2D eigenvalue weighted by atomic mass is 35.5. The van der Waals surface area contributed by atoms with Crippen molar-refractivity contribution in [1.29, 1.82) is 0 Å². The summed E-state index contributed by atoms with van der Waals surface area (Å²) in [7, 11) is 0. The van der Waals surface area contributed by atoms with E-state index in [0.29, 0.717) is 11.9 Å². The number of anilines is 1. The molecule has 0 unspecified atom stereocenters. The van der Waals surface area contributed by atoms with E-state index in [1.807, 2.05) is 12.1 Å². The first kappa shape index (κ1) is 12.7. The van der Waals surface area contributed by atoms with Crippen molar-refractivity contribution in [1.82, 2.24) is 0 Å². The normalized spacial score (nSPS) is 10.8. The number of hydrogen-bond acceptors (Lipinski definition) is 1. The first-order valence-corrected chi connectivity index (χ1v) is 6.13. The van der Waals surface area contributed by atoms with Gasteiger partial charge in [0.05, 0.1) is 5.88 Å². The molecule has 1 rings (SSSR count). The van der Waals surface area contributed by atoms with Crippen molar-refractivity contribution >= 4 is 28.9 Å². The fourth-order valence-electron chi connectivity index (χ4n) is 1.76. The molecule has 0 heterocycles. The van der Waals surface area contributed by atoms with Crippen LogP contribution >= 0.6 is 23.2 Å². The van der Waals surface area contributed by atoms with E-state index in [-0.39, 0.29) is 0 Å². The van der Waals surface area contributed by atoms with Gasteiger partial charge in [0.15, 0.2) is 0 Å². The van der Waals surface area contributed by atoms with Crippen LogP contribution in [0.15, 0.2) is 18.2 Å². The van der Waals surface area contributed by atoms with Crippen LogP contribution in [0, 0.1) is 0 Å². The van der Waals surface area contributed by atoms with Gasteiger partial charge in [0.25, 0.3) is 0 Å². The maximum Gasteiger partial charge on any atom is 0.0509 e. The fraction of sp³-hybridized carbons (Fsp3) is 0.500. The van der Waals surface area contributed by atoms with E-state index < -0.39 is 0 Å². The lowest BCUT2D eigenvalue weighted by Gasteiger charge is -2.29. The Labute approximate surface area is 102 Å². The number of nitrogens with zero attached hydrogens (tertiary/aromatic N) is 1. The molecule has 0 bridgehead atoms. The van der Waals surface area contributed by atoms with Crippen LogP contribution in [-0.2, 0) is 5.88 Å². The summed E-state index contributed by atoms with van der Waals surface area (Å²) in [6.07, 6.45) is 0. The van der Waals surface area contributed by atoms with E-state index in [0.717, 1.165) is 22.8 Å². The Morgan fingerprint density at radius 1 is 1.33 bits per heavy atom. The van der Waals surface area contributed by atoms with Crippen molar-refractivity contribution in [3.05, 3.63) is 28.8 Å². The van der Waals surface area contributed by atoms with Gasteiger partial charge in [-0.15, -0.1) is 11.6 Å². The minimum atomic E-state index is 0.454. The van der Waals surface area contributed by atoms with Gasteiger partial charge in [-0.3, -0.25) is 0 Å². The van der Waals surface area contributed by atoms with E-state index in [1.165, 1.54) is 0 Å². The molecule has 15 heavy (non-hydrogen) atoms. The van der Waals surface area contributed by atoms with Gasteiger partial charge in [0.1, 0.15) is 0 Å². The summed E-state index contributed by atoms with van der Waals surface area (Å²) in [4.78, 5) is 2.30. The van der Waals surface area contributed by atoms with Gasteiger partial charge in [0.2, 0.25) is 0 Å². The minimum Gasteiger partial charge on any atom is -0.369 e. The predicted octanol–water partition coefficient (Wildman–Crippen LogP) is 4.31. The third-order valence-corrected chi connectivity index (χ3v) is 3.12. The highest BCUT2D eigenvalue weighted by Crippen LogP contribution is 2.30. The van der Waals surface area contributed by atoms with Gasteiger partial charge in [0, 0.05) is 28.9 Å². The van der Waals surface area contributed by atoms with Crippen molar-refractivity contribution in [2.75, 3.05) is 11.4 Å². The van der Waals surface area contributed by atoms with E-state index in [4.69, 9.17) is 23.2 Å². The summed E-state index contributed by atoms with van der Waals surface area (Å²) in [5.41, 5.74) is 2.17. The molecule has 0 aliphatic heterocycles. The monoisotopic (exact) mass is 245 g/mol. The summed E-state index contributed by atoms with van der Waals surface area (Å²) in [5, 5.41) is 0.751. The van der Waals surface area contributed by atoms with Crippen LogP contribution in [0.3, 0.4) is 0 Å². The van der Waals surface area contributed by atoms with Crippen molar-refractivity contribution in [3.8, 4) is 0 Å². The molecule has 0 N–H and O–H groups in total. The van der Waals surface area contributed by atoms with E-state index >= 15 is 0 Å². The molecule has 0 saturated heterocycles. The third kappa shape index (κ3) is 2.79. The Morgan fingerprint density at radius 3 is 2.47 bits per heavy atom. The Bertz CT molecular complexity index is 323. The Hall–Kier alpha value is -0.400. The molecule has 0 aliphatic rings. The Kier molecular flexibility index (Phi) is 4.75. The molecule has 0 aliphatic carbocycles. The zero-order valence-corrected chi connectivity index (χ0v) is 10.9. The molecule has 84 valence electrons. The molecule has 3 heteroatoms. The van der Waals surface area contributed by atoms with Gasteiger partial charge >= 0.3 is 0 Å². The third-order valence-electron chi connectivity index (χ3n) is 2.50. The smallest absolute Gasteiger partial charge is 0.0509 e. The molecule has 0 saturated carbocycles. The highest BCUT2D eigenvalue weighted by molar-refractivity contribution is 6.32. The van der Waals surface area contributed by atoms with Gasteiger partial charge in [-0.05, 0) is 32.9 Å². The summed E-state index contributed by atoms with van der Waals surface area (Å²) in [5.74, 6) is 0.457. The molecule has 1 nitrogen and oxygen atoms in total. The molecule has 0 spiro atoms. The summed E-state index contributed by atoms with van der Waals surface area (Å²) in [6.45, 7) is 7.44. The maximum atomic E-state index is 6.12. The summed E-state index contributed by atoms with van der Waals surface area (Å²) in [6, 6.07) is 6.39. The molecule has 0 atom stereocenters. The predicted molar refractivity (Wildman–Crippen MR) is 69.2 cm³/mol.